The van der Waals surface area contributed by atoms with Gasteiger partial charge in [-0.3, -0.25) is 15.6 Å². The van der Waals surface area contributed by atoms with E-state index in [0.717, 1.165) is 17.0 Å². The average Bonchev–Trinajstić information content (AvgIpc) is 2.85. The number of anilines is 1. The molecule has 0 saturated heterocycles. The Kier molecular flexibility index (Phi) is 3.78. The lowest BCUT2D eigenvalue weighted by Gasteiger charge is -2.01. The number of nitrogens with one attached hydrogen (secondary N) is 2. The van der Waals surface area contributed by atoms with Crippen molar-refractivity contribution in [1.29, 1.82) is 0 Å². The van der Waals surface area contributed by atoms with E-state index in [0.29, 0.717) is 5.13 Å². The zero-order valence-electron chi connectivity index (χ0n) is 10.1. The molecule has 0 aliphatic rings. The van der Waals surface area contributed by atoms with Crippen molar-refractivity contribution in [2.45, 2.75) is 6.92 Å². The molecule has 0 atom stereocenters. The smallest absolute Gasteiger partial charge is 0.235 e. The molecular formula is C12H13N3O2S. The zero-order valence-corrected chi connectivity index (χ0v) is 10.9. The molecule has 1 aromatic heterocycles. The molecule has 0 bridgehead atoms. The van der Waals surface area contributed by atoms with Gasteiger partial charge in [-0.25, -0.2) is 4.98 Å². The minimum Gasteiger partial charge on any atom is -0.497 e. The highest BCUT2D eigenvalue weighted by molar-refractivity contribution is 7.14. The van der Waals surface area contributed by atoms with Crippen molar-refractivity contribution in [2.75, 3.05) is 12.5 Å². The van der Waals surface area contributed by atoms with Gasteiger partial charge < -0.3 is 4.74 Å². The molecule has 0 saturated carbocycles. The van der Waals surface area contributed by atoms with Crippen molar-refractivity contribution in [3.63, 3.8) is 0 Å². The van der Waals surface area contributed by atoms with Crippen LogP contribution in [0.25, 0.3) is 11.3 Å². The Morgan fingerprint density at radius 3 is 2.67 bits per heavy atom. The van der Waals surface area contributed by atoms with Crippen molar-refractivity contribution in [3.05, 3.63) is 29.6 Å². The molecule has 1 heterocycles. The van der Waals surface area contributed by atoms with Gasteiger partial charge >= 0.3 is 0 Å². The summed E-state index contributed by atoms with van der Waals surface area (Å²) in [5.74, 6) is 0.654. The van der Waals surface area contributed by atoms with Gasteiger partial charge in [0.15, 0.2) is 0 Å². The van der Waals surface area contributed by atoms with Crippen LogP contribution in [0.15, 0.2) is 29.6 Å². The monoisotopic (exact) mass is 263 g/mol. The number of rotatable bonds is 4. The Balaban J connectivity index is 2.10. The van der Waals surface area contributed by atoms with Crippen LogP contribution >= 0.6 is 11.3 Å². The molecule has 0 fully saturated rings. The fourth-order valence-corrected chi connectivity index (χ4v) is 2.04. The van der Waals surface area contributed by atoms with E-state index in [1.165, 1.54) is 18.3 Å². The van der Waals surface area contributed by atoms with Crippen molar-refractivity contribution < 1.29 is 9.53 Å². The minimum atomic E-state index is -0.156. The fourth-order valence-electron chi connectivity index (χ4n) is 1.37. The molecule has 18 heavy (non-hydrogen) atoms. The molecule has 6 heteroatoms. The Bertz CT molecular complexity index is 537. The van der Waals surface area contributed by atoms with Gasteiger partial charge in [0.2, 0.25) is 11.0 Å². The van der Waals surface area contributed by atoms with Crippen molar-refractivity contribution in [2.24, 2.45) is 0 Å². The number of carbonyl (C=O) groups excluding carboxylic acids is 1. The molecule has 2 N–H and O–H groups in total. The van der Waals surface area contributed by atoms with E-state index in [1.54, 1.807) is 7.11 Å². The molecule has 5 nitrogen and oxygen atoms in total. The SMILES string of the molecule is COc1ccc(-c2csc(NNC(C)=O)n2)cc1. The molecule has 2 aromatic rings. The lowest BCUT2D eigenvalue weighted by atomic mass is 10.2. The lowest BCUT2D eigenvalue weighted by molar-refractivity contribution is -0.118. The summed E-state index contributed by atoms with van der Waals surface area (Å²) in [6, 6.07) is 7.65. The van der Waals surface area contributed by atoms with Gasteiger partial charge in [-0.05, 0) is 24.3 Å². The number of hydrogen-bond donors (Lipinski definition) is 2. The van der Waals surface area contributed by atoms with Crippen LogP contribution in [-0.2, 0) is 4.79 Å². The van der Waals surface area contributed by atoms with Gasteiger partial charge in [0, 0.05) is 17.9 Å². The summed E-state index contributed by atoms with van der Waals surface area (Å²) in [6.07, 6.45) is 0. The van der Waals surface area contributed by atoms with Crippen molar-refractivity contribution in [1.82, 2.24) is 10.4 Å². The highest BCUT2D eigenvalue weighted by Gasteiger charge is 2.04. The first-order chi connectivity index (χ1) is 8.69. The molecule has 2 rings (SSSR count). The number of amides is 1. The first-order valence-electron chi connectivity index (χ1n) is 5.31. The third-order valence-corrected chi connectivity index (χ3v) is 2.99. The number of aromatic nitrogens is 1. The van der Waals surface area contributed by atoms with E-state index in [4.69, 9.17) is 4.74 Å². The maximum Gasteiger partial charge on any atom is 0.235 e. The van der Waals surface area contributed by atoms with Crippen LogP contribution in [0.4, 0.5) is 5.13 Å². The topological polar surface area (TPSA) is 63.2 Å². The average molecular weight is 263 g/mol. The Labute approximate surface area is 109 Å². The highest BCUT2D eigenvalue weighted by Crippen LogP contribution is 2.25. The van der Waals surface area contributed by atoms with E-state index < -0.39 is 0 Å². The molecule has 0 unspecified atom stereocenters. The van der Waals surface area contributed by atoms with Crippen LogP contribution in [-0.4, -0.2) is 18.0 Å². The molecule has 1 aromatic carbocycles. The predicted molar refractivity (Wildman–Crippen MR) is 71.5 cm³/mol. The molecule has 1 amide bonds. The fraction of sp³-hybridized carbons (Fsp3) is 0.167. The standard InChI is InChI=1S/C12H13N3O2S/c1-8(16)14-15-12-13-11(7-18-12)9-3-5-10(17-2)6-4-9/h3-7H,1-2H3,(H,13,15)(H,14,16). The van der Waals surface area contributed by atoms with Gasteiger partial charge in [0.25, 0.3) is 0 Å². The quantitative estimate of drug-likeness (QED) is 0.831. The summed E-state index contributed by atoms with van der Waals surface area (Å²) in [7, 11) is 1.63. The minimum absolute atomic E-state index is 0.156. The number of methoxy groups -OCH3 is 1. The van der Waals surface area contributed by atoms with Gasteiger partial charge in [-0.2, -0.15) is 0 Å². The van der Waals surface area contributed by atoms with Gasteiger partial charge in [-0.1, -0.05) is 0 Å². The Hall–Kier alpha value is -2.08. The van der Waals surface area contributed by atoms with Crippen LogP contribution in [0, 0.1) is 0 Å². The zero-order chi connectivity index (χ0) is 13.0. The largest absolute Gasteiger partial charge is 0.497 e. The number of nitrogens with zero attached hydrogens (tertiary/aromatic N) is 1. The third-order valence-electron chi connectivity index (χ3n) is 2.24. The molecule has 94 valence electrons. The molecule has 0 spiro atoms. The maximum absolute atomic E-state index is 10.8. The molecule has 0 aliphatic heterocycles. The summed E-state index contributed by atoms with van der Waals surface area (Å²) < 4.78 is 5.10. The van der Waals surface area contributed by atoms with Crippen LogP contribution in [0.2, 0.25) is 0 Å². The van der Waals surface area contributed by atoms with E-state index in [9.17, 15) is 4.79 Å². The third kappa shape index (κ3) is 2.98. The first kappa shape index (κ1) is 12.4. The van der Waals surface area contributed by atoms with Crippen molar-refractivity contribution in [3.8, 4) is 17.0 Å². The highest BCUT2D eigenvalue weighted by atomic mass is 32.1. The van der Waals surface area contributed by atoms with Crippen LogP contribution in [0.3, 0.4) is 0 Å². The number of thiazole rings is 1. The summed E-state index contributed by atoms with van der Waals surface area (Å²) >= 11 is 1.43. The second-order valence-electron chi connectivity index (χ2n) is 3.57. The Morgan fingerprint density at radius 2 is 2.06 bits per heavy atom. The molecular weight excluding hydrogens is 250 g/mol. The maximum atomic E-state index is 10.8. The number of hydrogen-bond acceptors (Lipinski definition) is 5. The summed E-state index contributed by atoms with van der Waals surface area (Å²) in [5, 5.41) is 2.57. The van der Waals surface area contributed by atoms with Crippen molar-refractivity contribution >= 4 is 22.4 Å². The predicted octanol–water partition coefficient (Wildman–Crippen LogP) is 2.28. The lowest BCUT2D eigenvalue weighted by Crippen LogP contribution is -2.26. The van der Waals surface area contributed by atoms with E-state index >= 15 is 0 Å². The van der Waals surface area contributed by atoms with Gasteiger partial charge in [-0.15, -0.1) is 11.3 Å². The number of hydrazine groups is 1. The number of benzene rings is 1. The normalized spacial score (nSPS) is 9.89. The Morgan fingerprint density at radius 1 is 1.33 bits per heavy atom. The number of carbonyl (C=O) groups is 1. The van der Waals surface area contributed by atoms with E-state index in [1.807, 2.05) is 29.6 Å². The van der Waals surface area contributed by atoms with Crippen LogP contribution < -0.4 is 15.6 Å². The van der Waals surface area contributed by atoms with Gasteiger partial charge in [0.05, 0.1) is 12.8 Å². The van der Waals surface area contributed by atoms with Crippen LogP contribution in [0.5, 0.6) is 5.75 Å². The van der Waals surface area contributed by atoms with E-state index in [2.05, 4.69) is 15.8 Å². The molecule has 0 aliphatic carbocycles. The van der Waals surface area contributed by atoms with E-state index in [-0.39, 0.29) is 5.91 Å². The van der Waals surface area contributed by atoms with Crippen LogP contribution in [0.1, 0.15) is 6.92 Å². The number of ether oxygens (including phenoxy) is 1. The second-order valence-corrected chi connectivity index (χ2v) is 4.43. The summed E-state index contributed by atoms with van der Waals surface area (Å²) in [5.41, 5.74) is 7.08. The molecule has 0 radical (unpaired) electrons. The second kappa shape index (κ2) is 5.50. The van der Waals surface area contributed by atoms with Gasteiger partial charge in [0.1, 0.15) is 5.75 Å². The summed E-state index contributed by atoms with van der Waals surface area (Å²) in [4.78, 5) is 15.1. The first-order valence-corrected chi connectivity index (χ1v) is 6.19. The summed E-state index contributed by atoms with van der Waals surface area (Å²) in [6.45, 7) is 1.44.